The van der Waals surface area contributed by atoms with Gasteiger partial charge >= 0.3 is 0 Å². The van der Waals surface area contributed by atoms with Crippen LogP contribution < -0.4 is 5.32 Å². The number of aliphatic hydroxyl groups excluding tert-OH is 2. The van der Waals surface area contributed by atoms with Gasteiger partial charge in [-0.05, 0) is 81.3 Å². The van der Waals surface area contributed by atoms with Crippen LogP contribution in [0.15, 0.2) is 16.8 Å². The van der Waals surface area contributed by atoms with Crippen molar-refractivity contribution in [3.63, 3.8) is 0 Å². The van der Waals surface area contributed by atoms with Crippen molar-refractivity contribution in [2.24, 2.45) is 33.7 Å². The van der Waals surface area contributed by atoms with Crippen molar-refractivity contribution >= 4 is 5.71 Å². The third-order valence-electron chi connectivity index (χ3n) is 9.73. The SMILES string of the molecule is CO/N=C1\C=C2C(CC[C@]3(C)[C@@H](C(C)NCC(C)F)CC[C@@]23O)[C@@]2(C)C[C@H](O)[C@H](O)C[C@@H]12. The topological polar surface area (TPSA) is 94.3 Å². The molecule has 3 fully saturated rings. The molecule has 0 radical (unpaired) electrons. The molecule has 7 heteroatoms. The third-order valence-corrected chi connectivity index (χ3v) is 9.73. The number of oxime groups is 1. The molecule has 4 N–H and O–H groups in total. The molecule has 3 saturated carbocycles. The lowest BCUT2D eigenvalue weighted by atomic mass is 9.46. The monoisotopic (exact) mass is 452 g/mol. The van der Waals surface area contributed by atoms with Crippen molar-refractivity contribution in [2.45, 2.75) is 96.2 Å². The highest BCUT2D eigenvalue weighted by molar-refractivity contribution is 5.99. The molecule has 0 aromatic heterocycles. The Kier molecular flexibility index (Phi) is 6.28. The van der Waals surface area contributed by atoms with Gasteiger partial charge in [-0.3, -0.25) is 0 Å². The van der Waals surface area contributed by atoms with Crippen molar-refractivity contribution in [1.82, 2.24) is 5.32 Å². The molecule has 182 valence electrons. The van der Waals surface area contributed by atoms with E-state index in [-0.39, 0.29) is 34.6 Å². The number of aliphatic hydroxyl groups is 3. The van der Waals surface area contributed by atoms with Gasteiger partial charge in [0, 0.05) is 23.9 Å². The first kappa shape index (κ1) is 24.1. The van der Waals surface area contributed by atoms with E-state index in [1.807, 2.05) is 6.08 Å². The fourth-order valence-electron chi connectivity index (χ4n) is 7.92. The smallest absolute Gasteiger partial charge is 0.110 e. The van der Waals surface area contributed by atoms with Crippen molar-refractivity contribution < 1.29 is 24.5 Å². The lowest BCUT2D eigenvalue weighted by Crippen LogP contribution is -2.61. The number of halogens is 1. The number of hydrogen-bond donors (Lipinski definition) is 4. The Bertz CT molecular complexity index is 788. The summed E-state index contributed by atoms with van der Waals surface area (Å²) in [5, 5.41) is 40.9. The first-order valence-corrected chi connectivity index (χ1v) is 12.3. The van der Waals surface area contributed by atoms with Gasteiger partial charge in [0.15, 0.2) is 0 Å². The van der Waals surface area contributed by atoms with Gasteiger partial charge in [0.2, 0.25) is 0 Å². The molecule has 0 aromatic carbocycles. The van der Waals surface area contributed by atoms with Crippen LogP contribution in [0.1, 0.15) is 66.2 Å². The predicted molar refractivity (Wildman–Crippen MR) is 122 cm³/mol. The van der Waals surface area contributed by atoms with Crippen molar-refractivity contribution in [1.29, 1.82) is 0 Å². The Balaban J connectivity index is 1.72. The molecule has 4 aliphatic carbocycles. The summed E-state index contributed by atoms with van der Waals surface area (Å²) in [5.41, 5.74) is 0.170. The van der Waals surface area contributed by atoms with Gasteiger partial charge < -0.3 is 25.5 Å². The van der Waals surface area contributed by atoms with E-state index in [9.17, 15) is 19.7 Å². The van der Waals surface area contributed by atoms with Gasteiger partial charge in [-0.2, -0.15) is 0 Å². The van der Waals surface area contributed by atoms with E-state index in [2.05, 4.69) is 31.2 Å². The Morgan fingerprint density at radius 3 is 2.56 bits per heavy atom. The molecule has 0 heterocycles. The van der Waals surface area contributed by atoms with Crippen LogP contribution >= 0.6 is 0 Å². The molecule has 4 aliphatic rings. The minimum absolute atomic E-state index is 0.0219. The second kappa shape index (κ2) is 8.33. The maximum atomic E-state index is 13.5. The van der Waals surface area contributed by atoms with Crippen molar-refractivity contribution in [3.8, 4) is 0 Å². The Morgan fingerprint density at radius 2 is 1.91 bits per heavy atom. The standard InChI is InChI=1S/C25H41FN2O4/c1-14(26)13-27-15(2)16-7-9-25(31)18-10-20(28-32-5)19-11-21(29)22(30)12-23(19,3)17(18)6-8-24(16,25)4/h10,14-17,19,21-22,27,29-31H,6-9,11-13H2,1-5H3/b28-20+/t14?,15?,16-,17?,19+,21-,22+,23-,24-,25-/m1/s1. The zero-order valence-corrected chi connectivity index (χ0v) is 20.1. The zero-order chi connectivity index (χ0) is 23.5. The molecule has 0 bridgehead atoms. The average Bonchev–Trinajstić information content (AvgIpc) is 3.00. The Hall–Kier alpha value is -1.02. The van der Waals surface area contributed by atoms with E-state index in [0.717, 1.165) is 30.5 Å². The Labute approximate surface area is 191 Å². The molecular formula is C25H41FN2O4. The summed E-state index contributed by atoms with van der Waals surface area (Å²) in [7, 11) is 1.52. The maximum Gasteiger partial charge on any atom is 0.110 e. The highest BCUT2D eigenvalue weighted by atomic mass is 19.1. The lowest BCUT2D eigenvalue weighted by Gasteiger charge is -2.60. The summed E-state index contributed by atoms with van der Waals surface area (Å²) in [4.78, 5) is 5.17. The van der Waals surface area contributed by atoms with Crippen LogP contribution in [0, 0.1) is 28.6 Å². The molecule has 4 rings (SSSR count). The summed E-state index contributed by atoms with van der Waals surface area (Å²) in [6.45, 7) is 8.37. The summed E-state index contributed by atoms with van der Waals surface area (Å²) < 4.78 is 13.5. The van der Waals surface area contributed by atoms with Crippen molar-refractivity contribution in [3.05, 3.63) is 11.6 Å². The van der Waals surface area contributed by atoms with Gasteiger partial charge in [-0.15, -0.1) is 0 Å². The maximum absolute atomic E-state index is 13.5. The third kappa shape index (κ3) is 3.46. The predicted octanol–water partition coefficient (Wildman–Crippen LogP) is 2.96. The van der Waals surface area contributed by atoms with E-state index in [4.69, 9.17) is 4.84 Å². The van der Waals surface area contributed by atoms with E-state index in [0.29, 0.717) is 25.8 Å². The van der Waals surface area contributed by atoms with Gasteiger partial charge in [0.25, 0.3) is 0 Å². The fraction of sp³-hybridized carbons (Fsp3) is 0.880. The minimum Gasteiger partial charge on any atom is -0.399 e. The van der Waals surface area contributed by atoms with E-state index in [1.165, 1.54) is 7.11 Å². The van der Waals surface area contributed by atoms with E-state index in [1.54, 1.807) is 6.92 Å². The van der Waals surface area contributed by atoms with Crippen LogP contribution in [0.5, 0.6) is 0 Å². The normalized spacial score (nSPS) is 49.0. The Morgan fingerprint density at radius 1 is 1.19 bits per heavy atom. The molecule has 0 amide bonds. The van der Waals surface area contributed by atoms with Gasteiger partial charge in [0.1, 0.15) is 13.3 Å². The number of alkyl halides is 1. The van der Waals surface area contributed by atoms with Crippen molar-refractivity contribution in [2.75, 3.05) is 13.7 Å². The molecule has 10 atom stereocenters. The molecule has 0 aliphatic heterocycles. The molecule has 0 saturated heterocycles. The highest BCUT2D eigenvalue weighted by Gasteiger charge is 2.66. The van der Waals surface area contributed by atoms with Crippen LogP contribution in [0.2, 0.25) is 0 Å². The van der Waals surface area contributed by atoms with Gasteiger partial charge in [-0.25, -0.2) is 4.39 Å². The van der Waals surface area contributed by atoms with Gasteiger partial charge in [0.05, 0.1) is 23.5 Å². The van der Waals surface area contributed by atoms with Crippen LogP contribution in [-0.2, 0) is 4.84 Å². The highest BCUT2D eigenvalue weighted by Crippen LogP contribution is 2.67. The number of fused-ring (bicyclic) bond motifs is 5. The molecule has 0 aromatic rings. The first-order chi connectivity index (χ1) is 15.0. The second-order valence-corrected chi connectivity index (χ2v) is 11.4. The first-order valence-electron chi connectivity index (χ1n) is 12.3. The zero-order valence-electron chi connectivity index (χ0n) is 20.1. The number of rotatable bonds is 5. The molecule has 32 heavy (non-hydrogen) atoms. The largest absolute Gasteiger partial charge is 0.399 e. The molecule has 3 unspecified atom stereocenters. The quantitative estimate of drug-likeness (QED) is 0.481. The van der Waals surface area contributed by atoms with Crippen LogP contribution in [0.3, 0.4) is 0 Å². The summed E-state index contributed by atoms with van der Waals surface area (Å²) in [6, 6.07) is 0.107. The van der Waals surface area contributed by atoms with E-state index < -0.39 is 24.0 Å². The fourth-order valence-corrected chi connectivity index (χ4v) is 7.92. The van der Waals surface area contributed by atoms with Crippen LogP contribution in [0.4, 0.5) is 4.39 Å². The number of nitrogens with zero attached hydrogens (tertiary/aromatic N) is 1. The lowest BCUT2D eigenvalue weighted by molar-refractivity contribution is -0.121. The van der Waals surface area contributed by atoms with Crippen LogP contribution in [0.25, 0.3) is 0 Å². The molecular weight excluding hydrogens is 411 g/mol. The second-order valence-electron chi connectivity index (χ2n) is 11.4. The molecule has 6 nitrogen and oxygen atoms in total. The summed E-state index contributed by atoms with van der Waals surface area (Å²) in [5.74, 6) is 0.336. The van der Waals surface area contributed by atoms with Crippen LogP contribution in [-0.4, -0.2) is 64.7 Å². The number of hydrogen-bond acceptors (Lipinski definition) is 6. The average molecular weight is 453 g/mol. The van der Waals surface area contributed by atoms with E-state index >= 15 is 0 Å². The summed E-state index contributed by atoms with van der Waals surface area (Å²) >= 11 is 0. The van der Waals surface area contributed by atoms with Gasteiger partial charge in [-0.1, -0.05) is 19.0 Å². The number of nitrogens with one attached hydrogen (secondary N) is 1. The molecule has 0 spiro atoms. The minimum atomic E-state index is -0.971. The number of allylic oxidation sites excluding steroid dienone is 1. The summed E-state index contributed by atoms with van der Waals surface area (Å²) in [6.07, 6.45) is 3.85.